The molecule has 14 heavy (non-hydrogen) atoms. The summed E-state index contributed by atoms with van der Waals surface area (Å²) < 4.78 is 4.82. The molecule has 2 rings (SSSR count). The Kier molecular flexibility index (Phi) is 2.20. The molecule has 1 fully saturated rings. The predicted molar refractivity (Wildman–Crippen MR) is 48.1 cm³/mol. The average Bonchev–Trinajstić information content (AvgIpc) is 2.46. The molecule has 0 aromatic carbocycles. The summed E-state index contributed by atoms with van der Waals surface area (Å²) >= 11 is 5.58. The molecule has 0 saturated carbocycles. The summed E-state index contributed by atoms with van der Waals surface area (Å²) in [5, 5.41) is 0.0573. The Morgan fingerprint density at radius 3 is 3.00 bits per heavy atom. The molecule has 1 saturated heterocycles. The number of ether oxygens (including phenoxy) is 1. The van der Waals surface area contributed by atoms with Crippen molar-refractivity contribution in [2.45, 2.75) is 13.0 Å². The van der Waals surface area contributed by atoms with E-state index in [2.05, 4.69) is 15.0 Å². The molecule has 1 atom stereocenters. The zero-order valence-corrected chi connectivity index (χ0v) is 8.10. The van der Waals surface area contributed by atoms with Gasteiger partial charge in [0.25, 0.3) is 0 Å². The molecule has 74 valence electrons. The molecule has 1 aromatic rings. The van der Waals surface area contributed by atoms with Crippen molar-refractivity contribution in [2.75, 3.05) is 11.5 Å². The average molecular weight is 215 g/mol. The van der Waals surface area contributed by atoms with Gasteiger partial charge in [0.1, 0.15) is 12.9 Å². The van der Waals surface area contributed by atoms with Gasteiger partial charge < -0.3 is 4.74 Å². The monoisotopic (exact) mass is 214 g/mol. The van der Waals surface area contributed by atoms with Crippen molar-refractivity contribution >= 4 is 23.6 Å². The number of hydrogen-bond donors (Lipinski definition) is 0. The number of aromatic nitrogens is 3. The van der Waals surface area contributed by atoms with Crippen LogP contribution in [-0.2, 0) is 4.74 Å². The van der Waals surface area contributed by atoms with Gasteiger partial charge in [0.05, 0.1) is 6.04 Å². The highest BCUT2D eigenvalue weighted by atomic mass is 35.5. The molecule has 7 heteroatoms. The van der Waals surface area contributed by atoms with Crippen LogP contribution in [0.1, 0.15) is 6.92 Å². The Balaban J connectivity index is 2.34. The minimum absolute atomic E-state index is 0.0573. The minimum atomic E-state index is -0.459. The molecule has 0 aliphatic carbocycles. The number of nitrogens with zero attached hydrogens (tertiary/aromatic N) is 4. The molecule has 0 bridgehead atoms. The first kappa shape index (κ1) is 9.14. The Hall–Kier alpha value is -1.43. The van der Waals surface area contributed by atoms with Gasteiger partial charge in [-0.2, -0.15) is 4.98 Å². The molecule has 1 amide bonds. The van der Waals surface area contributed by atoms with Gasteiger partial charge in [-0.25, -0.2) is 19.7 Å². The number of hydrogen-bond acceptors (Lipinski definition) is 5. The third-order valence-electron chi connectivity index (χ3n) is 1.83. The second-order valence-corrected chi connectivity index (χ2v) is 3.19. The lowest BCUT2D eigenvalue weighted by Gasteiger charge is -2.14. The fourth-order valence-corrected chi connectivity index (χ4v) is 1.30. The Morgan fingerprint density at radius 2 is 2.43 bits per heavy atom. The summed E-state index contributed by atoms with van der Waals surface area (Å²) in [7, 11) is 0. The smallest absolute Gasteiger partial charge is 0.417 e. The van der Waals surface area contributed by atoms with E-state index < -0.39 is 6.09 Å². The number of rotatable bonds is 1. The van der Waals surface area contributed by atoms with Crippen molar-refractivity contribution in [1.29, 1.82) is 0 Å². The van der Waals surface area contributed by atoms with Crippen molar-refractivity contribution in [2.24, 2.45) is 0 Å². The van der Waals surface area contributed by atoms with E-state index in [1.165, 1.54) is 11.2 Å². The Morgan fingerprint density at radius 1 is 1.64 bits per heavy atom. The van der Waals surface area contributed by atoms with Crippen LogP contribution in [0.5, 0.6) is 0 Å². The van der Waals surface area contributed by atoms with Crippen LogP contribution in [0.25, 0.3) is 0 Å². The normalized spacial score (nSPS) is 21.1. The van der Waals surface area contributed by atoms with E-state index in [9.17, 15) is 4.79 Å². The van der Waals surface area contributed by atoms with Crippen LogP contribution in [0.15, 0.2) is 6.33 Å². The Bertz CT molecular complexity index is 372. The third-order valence-corrected chi connectivity index (χ3v) is 2.01. The standard InChI is InChI=1S/C7H7ClN4O2/c1-4-2-14-7(13)12(4)6-10-3-9-5(8)11-6/h3-4H,2H2,1H3. The molecule has 0 N–H and O–H groups in total. The van der Waals surface area contributed by atoms with Crippen LogP contribution in [-0.4, -0.2) is 33.7 Å². The Labute approximate surface area is 84.9 Å². The molecular weight excluding hydrogens is 208 g/mol. The SMILES string of the molecule is CC1COC(=O)N1c1ncnc(Cl)n1. The highest BCUT2D eigenvalue weighted by Crippen LogP contribution is 2.18. The second kappa shape index (κ2) is 3.38. The highest BCUT2D eigenvalue weighted by molar-refractivity contribution is 6.28. The summed E-state index contributed by atoms with van der Waals surface area (Å²) in [6, 6.07) is -0.0824. The second-order valence-electron chi connectivity index (χ2n) is 2.85. The molecule has 2 heterocycles. The summed E-state index contributed by atoms with van der Waals surface area (Å²) in [6.07, 6.45) is 0.794. The van der Waals surface area contributed by atoms with Crippen LogP contribution in [0, 0.1) is 0 Å². The molecule has 1 aliphatic rings. The zero-order chi connectivity index (χ0) is 10.1. The number of cyclic esters (lactones) is 1. The van der Waals surface area contributed by atoms with Gasteiger partial charge in [-0.3, -0.25) is 0 Å². The van der Waals surface area contributed by atoms with Crippen molar-refractivity contribution in [3.63, 3.8) is 0 Å². The topological polar surface area (TPSA) is 68.2 Å². The van der Waals surface area contributed by atoms with Gasteiger partial charge in [-0.15, -0.1) is 0 Å². The van der Waals surface area contributed by atoms with Crippen LogP contribution < -0.4 is 4.90 Å². The molecule has 6 nitrogen and oxygen atoms in total. The van der Waals surface area contributed by atoms with Crippen molar-refractivity contribution < 1.29 is 9.53 Å². The summed E-state index contributed by atoms with van der Waals surface area (Å²) in [4.78, 5) is 23.9. The van der Waals surface area contributed by atoms with E-state index >= 15 is 0 Å². The van der Waals surface area contributed by atoms with Crippen molar-refractivity contribution in [1.82, 2.24) is 15.0 Å². The van der Waals surface area contributed by atoms with Crippen LogP contribution >= 0.6 is 11.6 Å². The van der Waals surface area contributed by atoms with Crippen molar-refractivity contribution in [3.8, 4) is 0 Å². The number of amides is 1. The van der Waals surface area contributed by atoms with E-state index in [1.54, 1.807) is 0 Å². The zero-order valence-electron chi connectivity index (χ0n) is 7.35. The number of anilines is 1. The molecular formula is C7H7ClN4O2. The van der Waals surface area contributed by atoms with E-state index in [-0.39, 0.29) is 17.3 Å². The van der Waals surface area contributed by atoms with Gasteiger partial charge in [-0.1, -0.05) is 0 Å². The lowest BCUT2D eigenvalue weighted by Crippen LogP contribution is -2.32. The van der Waals surface area contributed by atoms with Gasteiger partial charge in [0.15, 0.2) is 0 Å². The van der Waals surface area contributed by atoms with Gasteiger partial charge in [-0.05, 0) is 18.5 Å². The maximum absolute atomic E-state index is 11.3. The minimum Gasteiger partial charge on any atom is -0.447 e. The highest BCUT2D eigenvalue weighted by Gasteiger charge is 2.33. The maximum Gasteiger partial charge on any atom is 0.417 e. The van der Waals surface area contributed by atoms with Crippen molar-refractivity contribution in [3.05, 3.63) is 11.6 Å². The first-order chi connectivity index (χ1) is 6.68. The fraction of sp³-hybridized carbons (Fsp3) is 0.429. The van der Waals surface area contributed by atoms with E-state index in [0.717, 1.165) is 0 Å². The molecule has 1 aromatic heterocycles. The number of carbonyl (C=O) groups is 1. The first-order valence-corrected chi connectivity index (χ1v) is 4.37. The van der Waals surface area contributed by atoms with E-state index in [1.807, 2.05) is 6.92 Å². The fourth-order valence-electron chi connectivity index (χ4n) is 1.18. The maximum atomic E-state index is 11.3. The third kappa shape index (κ3) is 1.48. The van der Waals surface area contributed by atoms with Crippen LogP contribution in [0.2, 0.25) is 5.28 Å². The summed E-state index contributed by atoms with van der Waals surface area (Å²) in [5.41, 5.74) is 0. The van der Waals surface area contributed by atoms with Gasteiger partial charge >= 0.3 is 6.09 Å². The van der Waals surface area contributed by atoms with E-state index in [4.69, 9.17) is 16.3 Å². The molecule has 1 aliphatic heterocycles. The summed E-state index contributed by atoms with van der Waals surface area (Å²) in [5.74, 6) is 0.222. The van der Waals surface area contributed by atoms with Crippen LogP contribution in [0.3, 0.4) is 0 Å². The van der Waals surface area contributed by atoms with Crippen LogP contribution in [0.4, 0.5) is 10.7 Å². The first-order valence-electron chi connectivity index (χ1n) is 3.99. The quantitative estimate of drug-likeness (QED) is 0.694. The molecule has 0 spiro atoms. The lowest BCUT2D eigenvalue weighted by atomic mass is 10.3. The van der Waals surface area contributed by atoms with Gasteiger partial charge in [0, 0.05) is 0 Å². The number of carbonyl (C=O) groups excluding carboxylic acids is 1. The lowest BCUT2D eigenvalue weighted by molar-refractivity contribution is 0.179. The largest absolute Gasteiger partial charge is 0.447 e. The van der Waals surface area contributed by atoms with Gasteiger partial charge in [0.2, 0.25) is 11.2 Å². The summed E-state index contributed by atoms with van der Waals surface area (Å²) in [6.45, 7) is 2.17. The predicted octanol–water partition coefficient (Wildman–Crippen LogP) is 0.870. The number of halogens is 1. The molecule has 1 unspecified atom stereocenters. The molecule has 0 radical (unpaired) electrons. The van der Waals surface area contributed by atoms with E-state index in [0.29, 0.717) is 6.61 Å².